The van der Waals surface area contributed by atoms with E-state index in [-0.39, 0.29) is 12.7 Å². The summed E-state index contributed by atoms with van der Waals surface area (Å²) in [5, 5.41) is 0.989. The van der Waals surface area contributed by atoms with E-state index in [9.17, 15) is 4.79 Å². The fourth-order valence-corrected chi connectivity index (χ4v) is 4.38. The summed E-state index contributed by atoms with van der Waals surface area (Å²) in [4.78, 5) is 21.9. The van der Waals surface area contributed by atoms with Gasteiger partial charge in [-0.05, 0) is 48.0 Å². The second kappa shape index (κ2) is 9.60. The van der Waals surface area contributed by atoms with Gasteiger partial charge in [-0.25, -0.2) is 14.8 Å². The van der Waals surface area contributed by atoms with Gasteiger partial charge in [0.1, 0.15) is 18.5 Å². The summed E-state index contributed by atoms with van der Waals surface area (Å²) >= 11 is 12.6. The van der Waals surface area contributed by atoms with Gasteiger partial charge in [0.15, 0.2) is 0 Å². The van der Waals surface area contributed by atoms with Crippen LogP contribution >= 0.6 is 23.2 Å². The van der Waals surface area contributed by atoms with E-state index in [4.69, 9.17) is 37.4 Å². The van der Waals surface area contributed by atoms with Crippen molar-refractivity contribution >= 4 is 23.2 Å². The Labute approximate surface area is 205 Å². The summed E-state index contributed by atoms with van der Waals surface area (Å²) in [5.41, 5.74) is 1.83. The largest absolute Gasteiger partial charge is 0.491 e. The molecule has 3 heterocycles. The second-order valence-corrected chi connectivity index (χ2v) is 8.63. The van der Waals surface area contributed by atoms with Gasteiger partial charge in [-0.1, -0.05) is 29.3 Å². The lowest BCUT2D eigenvalue weighted by Gasteiger charge is -2.30. The van der Waals surface area contributed by atoms with Gasteiger partial charge in [-0.3, -0.25) is 0 Å². The Kier molecular flexibility index (Phi) is 6.38. The lowest BCUT2D eigenvalue weighted by atomic mass is 10.1. The molecule has 1 aliphatic heterocycles. The summed E-state index contributed by atoms with van der Waals surface area (Å²) in [6, 6.07) is 14.4. The van der Waals surface area contributed by atoms with Gasteiger partial charge < -0.3 is 23.8 Å². The van der Waals surface area contributed by atoms with Crippen molar-refractivity contribution in [3.05, 3.63) is 99.5 Å². The Morgan fingerprint density at radius 1 is 1.15 bits per heavy atom. The number of nitrogens with zero attached hydrogens (tertiary/aromatic N) is 3. The van der Waals surface area contributed by atoms with Crippen LogP contribution in [0.3, 0.4) is 0 Å². The highest BCUT2D eigenvalue weighted by Crippen LogP contribution is 2.40. The average molecular weight is 499 g/mol. The first-order chi connectivity index (χ1) is 16.5. The van der Waals surface area contributed by atoms with Crippen molar-refractivity contribution in [2.75, 3.05) is 13.2 Å². The van der Waals surface area contributed by atoms with Crippen LogP contribution in [-0.2, 0) is 21.8 Å². The van der Waals surface area contributed by atoms with Crippen molar-refractivity contribution in [1.82, 2.24) is 19.5 Å². The third-order valence-electron chi connectivity index (χ3n) is 5.43. The zero-order chi connectivity index (χ0) is 23.5. The van der Waals surface area contributed by atoms with Crippen molar-refractivity contribution in [3.63, 3.8) is 0 Å². The number of hydrogen-bond acceptors (Lipinski definition) is 6. The first kappa shape index (κ1) is 22.6. The molecule has 0 radical (unpaired) electrons. The first-order valence-electron chi connectivity index (χ1n) is 10.5. The van der Waals surface area contributed by atoms with E-state index < -0.39 is 11.5 Å². The molecule has 1 aliphatic rings. The summed E-state index contributed by atoms with van der Waals surface area (Å²) in [5.74, 6) is -0.437. The number of aromatic amines is 1. The first-order valence-corrected chi connectivity index (χ1v) is 11.3. The van der Waals surface area contributed by atoms with Crippen LogP contribution in [0, 0.1) is 0 Å². The lowest BCUT2D eigenvalue weighted by Crippen LogP contribution is -2.34. The molecule has 5 rings (SSSR count). The molecule has 0 unspecified atom stereocenters. The third-order valence-corrected chi connectivity index (χ3v) is 5.97. The van der Waals surface area contributed by atoms with Crippen LogP contribution in [0.4, 0.5) is 0 Å². The van der Waals surface area contributed by atoms with Crippen LogP contribution in [0.15, 0.2) is 78.2 Å². The normalized spacial score (nSPS) is 19.9. The molecule has 10 heteroatoms. The van der Waals surface area contributed by atoms with Gasteiger partial charge in [-0.2, -0.15) is 0 Å². The Hall–Kier alpha value is -3.17. The molecule has 0 spiro atoms. The van der Waals surface area contributed by atoms with Gasteiger partial charge in [0.25, 0.3) is 0 Å². The van der Waals surface area contributed by atoms with Gasteiger partial charge in [0, 0.05) is 29.2 Å². The predicted octanol–water partition coefficient (Wildman–Crippen LogP) is 4.29. The van der Waals surface area contributed by atoms with E-state index in [0.29, 0.717) is 40.2 Å². The molecule has 2 aromatic carbocycles. The maximum atomic E-state index is 11.4. The van der Waals surface area contributed by atoms with E-state index in [1.807, 2.05) is 41.1 Å². The molecule has 8 nitrogen and oxygen atoms in total. The molecule has 0 aliphatic carbocycles. The summed E-state index contributed by atoms with van der Waals surface area (Å²) in [6.07, 6.45) is 6.36. The zero-order valence-electron chi connectivity index (χ0n) is 17.9. The smallest absolute Gasteiger partial charge is 0.345 e. The maximum Gasteiger partial charge on any atom is 0.345 e. The molecule has 0 saturated carbocycles. The molecule has 2 atom stereocenters. The number of hydrogen-bond donors (Lipinski definition) is 1. The quantitative estimate of drug-likeness (QED) is 0.408. The van der Waals surface area contributed by atoms with Crippen LogP contribution in [0.2, 0.25) is 10.0 Å². The van der Waals surface area contributed by atoms with Crippen molar-refractivity contribution in [2.45, 2.75) is 18.4 Å². The molecule has 34 heavy (non-hydrogen) atoms. The van der Waals surface area contributed by atoms with Crippen LogP contribution in [-0.4, -0.2) is 38.8 Å². The molecule has 1 fully saturated rings. The topological polar surface area (TPSA) is 91.3 Å². The minimum atomic E-state index is -1.10. The molecule has 174 valence electrons. The zero-order valence-corrected chi connectivity index (χ0v) is 19.4. The van der Waals surface area contributed by atoms with Crippen molar-refractivity contribution in [2.24, 2.45) is 0 Å². The number of aromatic nitrogens is 4. The number of benzene rings is 2. The van der Waals surface area contributed by atoms with E-state index >= 15 is 0 Å². The van der Waals surface area contributed by atoms with Crippen molar-refractivity contribution < 1.29 is 14.2 Å². The highest BCUT2D eigenvalue weighted by Gasteiger charge is 2.45. The van der Waals surface area contributed by atoms with Crippen LogP contribution in [0.25, 0.3) is 11.3 Å². The number of ether oxygens (including phenoxy) is 3. The summed E-state index contributed by atoms with van der Waals surface area (Å²) in [7, 11) is 0. The maximum absolute atomic E-state index is 11.4. The minimum Gasteiger partial charge on any atom is -0.491 e. The monoisotopic (exact) mass is 498 g/mol. The standard InChI is InChI=1S/C24H20Cl2N4O4/c25-17-3-6-20(21(26)11-17)24(14-30-10-9-27-15-30)33-13-19(34-24)12-32-18-4-1-16(2-5-18)22-7-8-28-23(31)29-22/h1-11,15,19H,12-14H2,(H,28,29,31)/t19-,24+/m0/s1. The fraction of sp³-hybridized carbons (Fsp3) is 0.208. The fourth-order valence-electron chi connectivity index (χ4n) is 3.83. The number of halogens is 2. The van der Waals surface area contributed by atoms with Crippen LogP contribution in [0.5, 0.6) is 5.75 Å². The second-order valence-electron chi connectivity index (χ2n) is 7.79. The molecule has 1 N–H and O–H groups in total. The average Bonchev–Trinajstić information content (AvgIpc) is 3.49. The molecule has 4 aromatic rings. The molecule has 0 amide bonds. The van der Waals surface area contributed by atoms with E-state index in [0.717, 1.165) is 5.56 Å². The predicted molar refractivity (Wildman–Crippen MR) is 127 cm³/mol. The van der Waals surface area contributed by atoms with Gasteiger partial charge in [-0.15, -0.1) is 0 Å². The number of rotatable bonds is 7. The molecule has 1 saturated heterocycles. The van der Waals surface area contributed by atoms with Gasteiger partial charge in [0.05, 0.1) is 30.2 Å². The Bertz CT molecular complexity index is 1330. The summed E-state index contributed by atoms with van der Waals surface area (Å²) in [6.45, 7) is 0.968. The molecule has 2 aromatic heterocycles. The van der Waals surface area contributed by atoms with Gasteiger partial charge >= 0.3 is 5.69 Å². The van der Waals surface area contributed by atoms with E-state index in [1.165, 1.54) is 6.20 Å². The molecule has 0 bridgehead atoms. The van der Waals surface area contributed by atoms with Crippen molar-refractivity contribution in [3.8, 4) is 17.0 Å². The Balaban J connectivity index is 1.29. The summed E-state index contributed by atoms with van der Waals surface area (Å²) < 4.78 is 20.4. The third kappa shape index (κ3) is 4.85. The minimum absolute atomic E-state index is 0.280. The van der Waals surface area contributed by atoms with Gasteiger partial charge in [0.2, 0.25) is 5.79 Å². The Morgan fingerprint density at radius 3 is 2.74 bits per heavy atom. The lowest BCUT2D eigenvalue weighted by molar-refractivity contribution is -0.189. The highest BCUT2D eigenvalue weighted by atomic mass is 35.5. The van der Waals surface area contributed by atoms with E-state index in [2.05, 4.69) is 15.0 Å². The van der Waals surface area contributed by atoms with Crippen LogP contribution < -0.4 is 10.4 Å². The highest BCUT2D eigenvalue weighted by molar-refractivity contribution is 6.35. The number of imidazole rings is 1. The molecular formula is C24H20Cl2N4O4. The molecular weight excluding hydrogens is 479 g/mol. The van der Waals surface area contributed by atoms with Crippen LogP contribution in [0.1, 0.15) is 5.56 Å². The van der Waals surface area contributed by atoms with Crippen molar-refractivity contribution in [1.29, 1.82) is 0 Å². The van der Waals surface area contributed by atoms with E-state index in [1.54, 1.807) is 30.7 Å². The Morgan fingerprint density at radius 2 is 2.00 bits per heavy atom. The SMILES string of the molecule is O=c1nccc(-c2ccc(OC[C@H]3CO[C@@](Cn4ccnc4)(c4ccc(Cl)cc4Cl)O3)cc2)[nH]1. The number of nitrogens with one attached hydrogen (secondary N) is 1. The number of H-pyrrole nitrogens is 1.